The van der Waals surface area contributed by atoms with Gasteiger partial charge in [-0.15, -0.1) is 11.6 Å². The summed E-state index contributed by atoms with van der Waals surface area (Å²) in [7, 11) is 0. The number of rotatable bonds is 3. The Morgan fingerprint density at radius 2 is 1.90 bits per heavy atom. The molecular weight excluding hydrogens is 311 g/mol. The molecule has 21 heavy (non-hydrogen) atoms. The van der Waals surface area contributed by atoms with E-state index in [2.05, 4.69) is 0 Å². The molecule has 6 heteroatoms. The highest BCUT2D eigenvalue weighted by Gasteiger charge is 2.43. The van der Waals surface area contributed by atoms with Gasteiger partial charge in [-0.2, -0.15) is 13.2 Å². The van der Waals surface area contributed by atoms with E-state index >= 15 is 0 Å². The molecule has 1 saturated carbocycles. The first-order valence-electron chi connectivity index (χ1n) is 6.92. The van der Waals surface area contributed by atoms with E-state index in [0.717, 1.165) is 6.07 Å². The maximum atomic E-state index is 13.6. The molecule has 1 fully saturated rings. The summed E-state index contributed by atoms with van der Waals surface area (Å²) in [6, 6.07) is 3.79. The largest absolute Gasteiger partial charge is 0.391 e. The van der Waals surface area contributed by atoms with Crippen LogP contribution in [-0.4, -0.2) is 11.6 Å². The second kappa shape index (κ2) is 6.51. The molecule has 1 aromatic rings. The van der Waals surface area contributed by atoms with Gasteiger partial charge in [0.2, 0.25) is 0 Å². The van der Waals surface area contributed by atoms with Gasteiger partial charge in [0, 0.05) is 5.38 Å². The lowest BCUT2D eigenvalue weighted by Crippen LogP contribution is -2.32. The van der Waals surface area contributed by atoms with E-state index in [1.807, 2.05) is 0 Å². The number of benzene rings is 1. The van der Waals surface area contributed by atoms with Crippen LogP contribution in [-0.2, 0) is 6.42 Å². The van der Waals surface area contributed by atoms with E-state index in [0.29, 0.717) is 12.8 Å². The summed E-state index contributed by atoms with van der Waals surface area (Å²) in [5.74, 6) is -3.59. The van der Waals surface area contributed by atoms with Crippen LogP contribution in [0.15, 0.2) is 18.2 Å². The highest BCUT2D eigenvalue weighted by atomic mass is 35.5. The molecule has 0 aliphatic heterocycles. The number of hydrogen-bond acceptors (Lipinski definition) is 0. The van der Waals surface area contributed by atoms with Crippen molar-refractivity contribution >= 4 is 11.6 Å². The molecule has 0 bridgehead atoms. The average Bonchev–Trinajstić information content (AvgIpc) is 2.43. The number of alkyl halides is 4. The fourth-order valence-corrected chi connectivity index (χ4v) is 3.33. The van der Waals surface area contributed by atoms with Gasteiger partial charge in [-0.3, -0.25) is 0 Å². The standard InChI is InChI=1S/C15H16ClF5/c16-12(8-10-4-2-6-13(17)14(10)18)9-3-1-5-11(7-9)15(19,20)21/h2,4,6,9,11-12H,1,3,5,7-8H2. The first kappa shape index (κ1) is 16.5. The molecule has 0 N–H and O–H groups in total. The first-order valence-corrected chi connectivity index (χ1v) is 7.36. The third-order valence-corrected chi connectivity index (χ3v) is 4.65. The molecule has 0 saturated heterocycles. The summed E-state index contributed by atoms with van der Waals surface area (Å²) in [5.41, 5.74) is 0.115. The van der Waals surface area contributed by atoms with Crippen LogP contribution in [0.5, 0.6) is 0 Å². The van der Waals surface area contributed by atoms with E-state index in [4.69, 9.17) is 11.6 Å². The first-order chi connectivity index (χ1) is 9.79. The Kier molecular flexibility index (Phi) is 5.12. The highest BCUT2D eigenvalue weighted by Crippen LogP contribution is 2.42. The molecule has 1 aliphatic carbocycles. The second-order valence-electron chi connectivity index (χ2n) is 5.60. The summed E-state index contributed by atoms with van der Waals surface area (Å²) in [6.45, 7) is 0. The zero-order chi connectivity index (χ0) is 15.6. The van der Waals surface area contributed by atoms with Crippen LogP contribution in [0.3, 0.4) is 0 Å². The third kappa shape index (κ3) is 4.09. The van der Waals surface area contributed by atoms with Crippen molar-refractivity contribution in [2.24, 2.45) is 11.8 Å². The lowest BCUT2D eigenvalue weighted by Gasteiger charge is -2.33. The minimum Gasteiger partial charge on any atom is -0.204 e. The van der Waals surface area contributed by atoms with E-state index < -0.39 is 29.1 Å². The van der Waals surface area contributed by atoms with Gasteiger partial charge in [-0.1, -0.05) is 18.6 Å². The van der Waals surface area contributed by atoms with Crippen LogP contribution in [0, 0.1) is 23.5 Å². The molecule has 118 valence electrons. The monoisotopic (exact) mass is 326 g/mol. The molecule has 0 amide bonds. The van der Waals surface area contributed by atoms with Crippen LogP contribution >= 0.6 is 11.6 Å². The predicted octanol–water partition coefficient (Wildman–Crippen LogP) is 5.48. The number of hydrogen-bond donors (Lipinski definition) is 0. The Morgan fingerprint density at radius 1 is 1.19 bits per heavy atom. The molecule has 0 spiro atoms. The predicted molar refractivity (Wildman–Crippen MR) is 71.2 cm³/mol. The third-order valence-electron chi connectivity index (χ3n) is 4.14. The number of halogens is 6. The molecule has 2 rings (SSSR count). The molecule has 0 nitrogen and oxygen atoms in total. The van der Waals surface area contributed by atoms with Crippen molar-refractivity contribution in [1.82, 2.24) is 0 Å². The Labute approximate surface area is 125 Å². The average molecular weight is 327 g/mol. The Bertz CT molecular complexity index is 485. The van der Waals surface area contributed by atoms with E-state index in [1.165, 1.54) is 12.1 Å². The molecule has 0 heterocycles. The molecule has 1 aliphatic rings. The second-order valence-corrected chi connectivity index (χ2v) is 6.16. The molecule has 3 unspecified atom stereocenters. The van der Waals surface area contributed by atoms with Crippen LogP contribution in [0.2, 0.25) is 0 Å². The van der Waals surface area contributed by atoms with Gasteiger partial charge in [-0.25, -0.2) is 8.78 Å². The van der Waals surface area contributed by atoms with E-state index in [1.54, 1.807) is 0 Å². The normalized spacial score (nSPS) is 24.9. The summed E-state index contributed by atoms with van der Waals surface area (Å²) in [4.78, 5) is 0. The van der Waals surface area contributed by atoms with Crippen molar-refractivity contribution in [3.05, 3.63) is 35.4 Å². The quantitative estimate of drug-likeness (QED) is 0.509. The van der Waals surface area contributed by atoms with Crippen LogP contribution < -0.4 is 0 Å². The van der Waals surface area contributed by atoms with Gasteiger partial charge in [-0.05, 0) is 43.2 Å². The van der Waals surface area contributed by atoms with Gasteiger partial charge in [0.25, 0.3) is 0 Å². The molecule has 1 aromatic carbocycles. The summed E-state index contributed by atoms with van der Waals surface area (Å²) < 4.78 is 65.0. The van der Waals surface area contributed by atoms with Crippen molar-refractivity contribution in [3.8, 4) is 0 Å². The summed E-state index contributed by atoms with van der Waals surface area (Å²) in [6.07, 6.45) is -3.02. The maximum Gasteiger partial charge on any atom is 0.391 e. The summed E-state index contributed by atoms with van der Waals surface area (Å²) >= 11 is 6.18. The Morgan fingerprint density at radius 3 is 2.57 bits per heavy atom. The fraction of sp³-hybridized carbons (Fsp3) is 0.600. The molecule has 3 atom stereocenters. The molecular formula is C15H16ClF5. The minimum absolute atomic E-state index is 0.0331. The van der Waals surface area contributed by atoms with Gasteiger partial charge in [0.1, 0.15) is 0 Å². The Hall–Kier alpha value is -0.840. The fourth-order valence-electron chi connectivity index (χ4n) is 2.94. The van der Waals surface area contributed by atoms with Crippen molar-refractivity contribution in [2.75, 3.05) is 0 Å². The van der Waals surface area contributed by atoms with Crippen molar-refractivity contribution in [2.45, 2.75) is 43.7 Å². The summed E-state index contributed by atoms with van der Waals surface area (Å²) in [5, 5.41) is -0.619. The SMILES string of the molecule is Fc1cccc(CC(Cl)C2CCCC(C(F)(F)F)C2)c1F. The maximum absolute atomic E-state index is 13.6. The minimum atomic E-state index is -4.21. The van der Waals surface area contributed by atoms with E-state index in [9.17, 15) is 22.0 Å². The van der Waals surface area contributed by atoms with Crippen molar-refractivity contribution < 1.29 is 22.0 Å². The van der Waals surface area contributed by atoms with Gasteiger partial charge in [0.15, 0.2) is 11.6 Å². The van der Waals surface area contributed by atoms with Crippen molar-refractivity contribution in [1.29, 1.82) is 0 Å². The van der Waals surface area contributed by atoms with E-state index in [-0.39, 0.29) is 30.7 Å². The van der Waals surface area contributed by atoms with Crippen LogP contribution in [0.25, 0.3) is 0 Å². The molecule has 0 aromatic heterocycles. The smallest absolute Gasteiger partial charge is 0.204 e. The van der Waals surface area contributed by atoms with Gasteiger partial charge in [0.05, 0.1) is 5.92 Å². The highest BCUT2D eigenvalue weighted by molar-refractivity contribution is 6.20. The van der Waals surface area contributed by atoms with Crippen LogP contribution in [0.4, 0.5) is 22.0 Å². The lowest BCUT2D eigenvalue weighted by molar-refractivity contribution is -0.185. The van der Waals surface area contributed by atoms with Gasteiger partial charge >= 0.3 is 6.18 Å². The topological polar surface area (TPSA) is 0 Å². The van der Waals surface area contributed by atoms with Crippen molar-refractivity contribution in [3.63, 3.8) is 0 Å². The molecule has 0 radical (unpaired) electrons. The van der Waals surface area contributed by atoms with Gasteiger partial charge < -0.3 is 0 Å². The lowest BCUT2D eigenvalue weighted by atomic mass is 9.78. The zero-order valence-corrected chi connectivity index (χ0v) is 12.0. The zero-order valence-electron chi connectivity index (χ0n) is 11.3. The Balaban J connectivity index is 2.03. The van der Waals surface area contributed by atoms with Crippen LogP contribution in [0.1, 0.15) is 31.2 Å².